The summed E-state index contributed by atoms with van der Waals surface area (Å²) in [7, 11) is 0. The summed E-state index contributed by atoms with van der Waals surface area (Å²) in [6.45, 7) is -2.32. The van der Waals surface area contributed by atoms with Crippen LogP contribution < -0.4 is 10.1 Å². The normalized spacial score (nSPS) is 12.4. The molecule has 2 rings (SSSR count). The van der Waals surface area contributed by atoms with Crippen LogP contribution in [0.15, 0.2) is 42.5 Å². The Balaban J connectivity index is 1.87. The van der Waals surface area contributed by atoms with E-state index in [1.54, 1.807) is 18.2 Å². The first-order chi connectivity index (χ1) is 11.0. The summed E-state index contributed by atoms with van der Waals surface area (Å²) in [5.41, 5.74) is 1.18. The van der Waals surface area contributed by atoms with Gasteiger partial charge >= 0.3 is 6.61 Å². The molecule has 0 aliphatic carbocycles. The second-order valence-corrected chi connectivity index (χ2v) is 5.25. The number of halogens is 3. The molecule has 0 aromatic heterocycles. The van der Waals surface area contributed by atoms with Crippen molar-refractivity contribution in [2.24, 2.45) is 0 Å². The summed E-state index contributed by atoms with van der Waals surface area (Å²) in [6, 6.07) is 10.8. The van der Waals surface area contributed by atoms with E-state index in [-0.39, 0.29) is 23.1 Å². The zero-order valence-corrected chi connectivity index (χ0v) is 12.8. The van der Waals surface area contributed by atoms with Gasteiger partial charge in [0, 0.05) is 18.7 Å². The van der Waals surface area contributed by atoms with Gasteiger partial charge in [-0.2, -0.15) is 8.78 Å². The van der Waals surface area contributed by atoms with E-state index in [0.29, 0.717) is 17.7 Å². The van der Waals surface area contributed by atoms with Crippen molar-refractivity contribution >= 4 is 11.6 Å². The first kappa shape index (κ1) is 17.5. The number of ether oxygens (including phenoxy) is 1. The number of hydrogen-bond donors (Lipinski definition) is 3. The van der Waals surface area contributed by atoms with Gasteiger partial charge in [0.05, 0.1) is 11.1 Å². The molecule has 2 aromatic carbocycles. The number of rotatable bonds is 7. The molecule has 0 radical (unpaired) electrons. The first-order valence-electron chi connectivity index (χ1n) is 6.87. The van der Waals surface area contributed by atoms with Crippen molar-refractivity contribution in [2.45, 2.75) is 19.3 Å². The average molecular weight is 344 g/mol. The molecule has 0 amide bonds. The smallest absolute Gasteiger partial charge is 0.387 e. The Hall–Kier alpha value is -1.89. The highest BCUT2D eigenvalue weighted by Gasteiger charge is 2.10. The van der Waals surface area contributed by atoms with Gasteiger partial charge in [0.1, 0.15) is 11.5 Å². The van der Waals surface area contributed by atoms with Crippen molar-refractivity contribution in [3.8, 4) is 11.5 Å². The lowest BCUT2D eigenvalue weighted by molar-refractivity contribution is -0.0498. The number of para-hydroxylation sites is 1. The van der Waals surface area contributed by atoms with Crippen molar-refractivity contribution in [3.63, 3.8) is 0 Å². The Labute approximate surface area is 137 Å². The van der Waals surface area contributed by atoms with Crippen LogP contribution in [0.1, 0.15) is 17.2 Å². The number of benzene rings is 2. The minimum atomic E-state index is -2.88. The number of phenols is 1. The van der Waals surface area contributed by atoms with Crippen LogP contribution in [-0.4, -0.2) is 23.4 Å². The highest BCUT2D eigenvalue weighted by molar-refractivity contribution is 6.32. The number of hydrogen-bond acceptors (Lipinski definition) is 4. The highest BCUT2D eigenvalue weighted by atomic mass is 35.5. The predicted octanol–water partition coefficient (Wildman–Crippen LogP) is 3.47. The lowest BCUT2D eigenvalue weighted by atomic mass is 10.1. The molecule has 0 aliphatic heterocycles. The Morgan fingerprint density at radius 1 is 1.13 bits per heavy atom. The highest BCUT2D eigenvalue weighted by Crippen LogP contribution is 2.26. The topological polar surface area (TPSA) is 61.7 Å². The minimum absolute atomic E-state index is 0.00431. The Morgan fingerprint density at radius 2 is 1.83 bits per heavy atom. The van der Waals surface area contributed by atoms with E-state index in [0.717, 1.165) is 0 Å². The molecule has 0 fully saturated rings. The van der Waals surface area contributed by atoms with Crippen LogP contribution in [0.2, 0.25) is 5.02 Å². The SMILES string of the molecule is Oc1c(Cl)cccc1CNCC(O)c1ccc(OC(F)F)cc1. The number of aliphatic hydroxyl groups is 1. The fraction of sp³-hybridized carbons (Fsp3) is 0.250. The number of aromatic hydroxyl groups is 1. The molecule has 2 aromatic rings. The minimum Gasteiger partial charge on any atom is -0.506 e. The number of aliphatic hydroxyl groups excluding tert-OH is 1. The Kier molecular flexibility index (Phi) is 6.15. The zero-order chi connectivity index (χ0) is 16.8. The molecule has 23 heavy (non-hydrogen) atoms. The van der Waals surface area contributed by atoms with Crippen molar-refractivity contribution in [1.29, 1.82) is 0 Å². The maximum absolute atomic E-state index is 12.1. The number of nitrogens with one attached hydrogen (secondary N) is 1. The van der Waals surface area contributed by atoms with E-state index in [1.165, 1.54) is 24.3 Å². The van der Waals surface area contributed by atoms with Gasteiger partial charge in [-0.25, -0.2) is 0 Å². The molecule has 4 nitrogen and oxygen atoms in total. The molecule has 0 saturated heterocycles. The Bertz CT molecular complexity index is 638. The predicted molar refractivity (Wildman–Crippen MR) is 82.9 cm³/mol. The van der Waals surface area contributed by atoms with E-state index in [4.69, 9.17) is 11.6 Å². The van der Waals surface area contributed by atoms with Crippen molar-refractivity contribution < 1.29 is 23.7 Å². The lowest BCUT2D eigenvalue weighted by Gasteiger charge is -2.14. The second kappa shape index (κ2) is 8.10. The molecular weight excluding hydrogens is 328 g/mol. The molecule has 0 bridgehead atoms. The van der Waals surface area contributed by atoms with Gasteiger partial charge in [-0.1, -0.05) is 35.9 Å². The van der Waals surface area contributed by atoms with Gasteiger partial charge in [0.15, 0.2) is 0 Å². The number of alkyl halides is 2. The van der Waals surface area contributed by atoms with E-state index >= 15 is 0 Å². The summed E-state index contributed by atoms with van der Waals surface area (Å²) in [5, 5.41) is 23.1. The molecule has 7 heteroatoms. The maximum Gasteiger partial charge on any atom is 0.387 e. The van der Waals surface area contributed by atoms with Crippen LogP contribution in [0, 0.1) is 0 Å². The van der Waals surface area contributed by atoms with Crippen LogP contribution in [0.3, 0.4) is 0 Å². The summed E-state index contributed by atoms with van der Waals surface area (Å²) in [4.78, 5) is 0. The molecule has 0 aliphatic rings. The van der Waals surface area contributed by atoms with E-state index < -0.39 is 12.7 Å². The van der Waals surface area contributed by atoms with Gasteiger partial charge in [-0.15, -0.1) is 0 Å². The molecule has 0 spiro atoms. The summed E-state index contributed by atoms with van der Waals surface area (Å²) < 4.78 is 28.4. The van der Waals surface area contributed by atoms with Gasteiger partial charge < -0.3 is 20.3 Å². The molecule has 124 valence electrons. The van der Waals surface area contributed by atoms with Crippen LogP contribution in [0.25, 0.3) is 0 Å². The third-order valence-corrected chi connectivity index (χ3v) is 3.52. The summed E-state index contributed by atoms with van der Waals surface area (Å²) in [5.74, 6) is 0.0393. The molecular formula is C16H16ClF2NO3. The van der Waals surface area contributed by atoms with Gasteiger partial charge in [-0.3, -0.25) is 0 Å². The van der Waals surface area contributed by atoms with Crippen molar-refractivity contribution in [3.05, 3.63) is 58.6 Å². The van der Waals surface area contributed by atoms with Gasteiger partial charge in [-0.05, 0) is 23.8 Å². The lowest BCUT2D eigenvalue weighted by Crippen LogP contribution is -2.21. The van der Waals surface area contributed by atoms with Crippen molar-refractivity contribution in [1.82, 2.24) is 5.32 Å². The van der Waals surface area contributed by atoms with Gasteiger partial charge in [0.25, 0.3) is 0 Å². The number of phenolic OH excluding ortho intramolecular Hbond substituents is 1. The van der Waals surface area contributed by atoms with Crippen LogP contribution in [0.4, 0.5) is 8.78 Å². The standard InChI is InChI=1S/C16H16ClF2NO3/c17-13-3-1-2-11(15(13)22)8-20-9-14(21)10-4-6-12(7-5-10)23-16(18)19/h1-7,14,16,20-22H,8-9H2. The molecule has 1 unspecified atom stereocenters. The molecule has 3 N–H and O–H groups in total. The fourth-order valence-corrected chi connectivity index (χ4v) is 2.23. The summed E-state index contributed by atoms with van der Waals surface area (Å²) >= 11 is 5.81. The van der Waals surface area contributed by atoms with Crippen molar-refractivity contribution in [2.75, 3.05) is 6.54 Å². The van der Waals surface area contributed by atoms with Crippen LogP contribution in [0.5, 0.6) is 11.5 Å². The first-order valence-corrected chi connectivity index (χ1v) is 7.25. The third-order valence-electron chi connectivity index (χ3n) is 3.21. The maximum atomic E-state index is 12.1. The largest absolute Gasteiger partial charge is 0.506 e. The zero-order valence-electron chi connectivity index (χ0n) is 12.0. The molecule has 0 heterocycles. The van der Waals surface area contributed by atoms with Crippen LogP contribution in [-0.2, 0) is 6.54 Å². The second-order valence-electron chi connectivity index (χ2n) is 4.84. The van der Waals surface area contributed by atoms with Crippen LogP contribution >= 0.6 is 11.6 Å². The van der Waals surface area contributed by atoms with E-state index in [1.807, 2.05) is 0 Å². The van der Waals surface area contributed by atoms with Gasteiger partial charge in [0.2, 0.25) is 0 Å². The molecule has 0 saturated carbocycles. The summed E-state index contributed by atoms with van der Waals surface area (Å²) in [6.07, 6.45) is -0.822. The van der Waals surface area contributed by atoms with E-state index in [2.05, 4.69) is 10.1 Å². The quantitative estimate of drug-likeness (QED) is 0.720. The average Bonchev–Trinajstić information content (AvgIpc) is 2.51. The Morgan fingerprint density at radius 3 is 2.48 bits per heavy atom. The fourth-order valence-electron chi connectivity index (χ4n) is 2.04. The monoisotopic (exact) mass is 343 g/mol. The third kappa shape index (κ3) is 5.06. The molecule has 1 atom stereocenters. The van der Waals surface area contributed by atoms with E-state index in [9.17, 15) is 19.0 Å².